The summed E-state index contributed by atoms with van der Waals surface area (Å²) in [5.74, 6) is 1.73. The molecule has 1 fully saturated rings. The van der Waals surface area contributed by atoms with Crippen LogP contribution in [0.15, 0.2) is 42.5 Å². The first-order valence-corrected chi connectivity index (χ1v) is 5.58. The number of rotatable bonds is 2. The molecule has 0 aliphatic heterocycles. The summed E-state index contributed by atoms with van der Waals surface area (Å²) >= 11 is 0. The van der Waals surface area contributed by atoms with Crippen molar-refractivity contribution in [2.24, 2.45) is 17.8 Å². The number of carbonyl (C=O) groups excluding carboxylic acids is 1. The Morgan fingerprint density at radius 2 is 1.80 bits per heavy atom. The van der Waals surface area contributed by atoms with Gasteiger partial charge in [-0.05, 0) is 23.8 Å². The van der Waals surface area contributed by atoms with Crippen LogP contribution >= 0.6 is 0 Å². The highest BCUT2D eigenvalue weighted by Gasteiger charge is 2.44. The number of hydrogen-bond acceptors (Lipinski definition) is 1. The number of benzene rings is 1. The molecule has 2 aliphatic rings. The Morgan fingerprint density at radius 3 is 2.53 bits per heavy atom. The molecule has 1 aromatic carbocycles. The van der Waals surface area contributed by atoms with E-state index in [1.165, 1.54) is 12.0 Å². The van der Waals surface area contributed by atoms with Gasteiger partial charge in [0.1, 0.15) is 6.29 Å². The third-order valence-electron chi connectivity index (χ3n) is 3.86. The van der Waals surface area contributed by atoms with Crippen molar-refractivity contribution >= 4 is 6.29 Å². The maximum Gasteiger partial charge on any atom is 0.124 e. The van der Waals surface area contributed by atoms with Crippen molar-refractivity contribution in [1.29, 1.82) is 0 Å². The first-order chi connectivity index (χ1) is 7.40. The third-order valence-corrected chi connectivity index (χ3v) is 3.86. The summed E-state index contributed by atoms with van der Waals surface area (Å²) < 4.78 is 0. The van der Waals surface area contributed by atoms with E-state index in [2.05, 4.69) is 36.4 Å². The molecule has 1 saturated carbocycles. The summed E-state index contributed by atoms with van der Waals surface area (Å²) in [6.45, 7) is 0. The van der Waals surface area contributed by atoms with Crippen molar-refractivity contribution in [3.05, 3.63) is 48.0 Å². The van der Waals surface area contributed by atoms with E-state index >= 15 is 0 Å². The largest absolute Gasteiger partial charge is 0.303 e. The van der Waals surface area contributed by atoms with Crippen LogP contribution in [0.5, 0.6) is 0 Å². The van der Waals surface area contributed by atoms with E-state index in [1.54, 1.807) is 0 Å². The quantitative estimate of drug-likeness (QED) is 0.527. The molecule has 0 heterocycles. The number of carbonyl (C=O) groups is 1. The average Bonchev–Trinajstić information content (AvgIpc) is 2.89. The van der Waals surface area contributed by atoms with Crippen molar-refractivity contribution in [1.82, 2.24) is 0 Å². The van der Waals surface area contributed by atoms with Crippen LogP contribution in [0.3, 0.4) is 0 Å². The van der Waals surface area contributed by atoms with Crippen molar-refractivity contribution < 1.29 is 4.79 Å². The SMILES string of the molecule is O=CC1[C@H]2C=C[C@H](C2)[C@H]1c1ccccc1. The number of allylic oxidation sites excluding steroid dienone is 2. The van der Waals surface area contributed by atoms with Crippen LogP contribution in [0.25, 0.3) is 0 Å². The van der Waals surface area contributed by atoms with Gasteiger partial charge in [0, 0.05) is 11.8 Å². The van der Waals surface area contributed by atoms with Crippen LogP contribution in [-0.4, -0.2) is 6.29 Å². The monoisotopic (exact) mass is 198 g/mol. The van der Waals surface area contributed by atoms with Gasteiger partial charge in [-0.3, -0.25) is 0 Å². The highest BCUT2D eigenvalue weighted by molar-refractivity contribution is 5.59. The van der Waals surface area contributed by atoms with E-state index in [0.29, 0.717) is 17.8 Å². The summed E-state index contributed by atoms with van der Waals surface area (Å²) in [5.41, 5.74) is 1.33. The number of aldehydes is 1. The maximum atomic E-state index is 11.1. The molecular formula is C14H14O. The van der Waals surface area contributed by atoms with Crippen LogP contribution in [0.2, 0.25) is 0 Å². The van der Waals surface area contributed by atoms with Gasteiger partial charge in [-0.1, -0.05) is 42.5 Å². The molecule has 15 heavy (non-hydrogen) atoms. The van der Waals surface area contributed by atoms with E-state index in [1.807, 2.05) is 6.07 Å². The predicted octanol–water partition coefficient (Wildman–Crippen LogP) is 2.79. The fraction of sp³-hybridized carbons (Fsp3) is 0.357. The molecule has 1 heteroatoms. The van der Waals surface area contributed by atoms with Crippen LogP contribution in [0.1, 0.15) is 17.9 Å². The zero-order chi connectivity index (χ0) is 10.3. The van der Waals surface area contributed by atoms with Crippen molar-refractivity contribution in [2.75, 3.05) is 0 Å². The van der Waals surface area contributed by atoms with Crippen LogP contribution in [-0.2, 0) is 4.79 Å². The maximum absolute atomic E-state index is 11.1. The molecule has 0 spiro atoms. The zero-order valence-corrected chi connectivity index (χ0v) is 8.54. The summed E-state index contributed by atoms with van der Waals surface area (Å²) in [7, 11) is 0. The minimum absolute atomic E-state index is 0.211. The molecule has 1 aromatic rings. The lowest BCUT2D eigenvalue weighted by Crippen LogP contribution is -2.18. The average molecular weight is 198 g/mol. The second kappa shape index (κ2) is 3.34. The number of fused-ring (bicyclic) bond motifs is 2. The van der Waals surface area contributed by atoms with Crippen molar-refractivity contribution in [2.45, 2.75) is 12.3 Å². The van der Waals surface area contributed by atoms with Gasteiger partial charge in [0.2, 0.25) is 0 Å². The third kappa shape index (κ3) is 1.26. The Bertz CT molecular complexity index is 393. The van der Waals surface area contributed by atoms with Gasteiger partial charge in [0.25, 0.3) is 0 Å². The molecule has 1 nitrogen and oxygen atoms in total. The molecule has 1 unspecified atom stereocenters. The minimum Gasteiger partial charge on any atom is -0.303 e. The Labute approximate surface area is 89.8 Å². The standard InChI is InChI=1S/C14H14O/c15-9-13-11-6-7-12(8-11)14(13)10-4-2-1-3-5-10/h1-7,9,11-14H,8H2/t11-,12+,13?,14+/m0/s1. The fourth-order valence-electron chi connectivity index (χ4n) is 3.19. The fourth-order valence-corrected chi connectivity index (χ4v) is 3.19. The molecule has 0 aromatic heterocycles. The molecule has 0 radical (unpaired) electrons. The lowest BCUT2D eigenvalue weighted by molar-refractivity contribution is -0.112. The van der Waals surface area contributed by atoms with Crippen molar-refractivity contribution in [3.63, 3.8) is 0 Å². The zero-order valence-electron chi connectivity index (χ0n) is 8.54. The molecule has 76 valence electrons. The first kappa shape index (κ1) is 8.90. The predicted molar refractivity (Wildman–Crippen MR) is 59.5 cm³/mol. The van der Waals surface area contributed by atoms with Crippen LogP contribution in [0, 0.1) is 17.8 Å². The lowest BCUT2D eigenvalue weighted by Gasteiger charge is -2.24. The van der Waals surface area contributed by atoms with Gasteiger partial charge in [-0.15, -0.1) is 0 Å². The van der Waals surface area contributed by atoms with Crippen LogP contribution in [0.4, 0.5) is 0 Å². The molecule has 4 atom stereocenters. The second-order valence-corrected chi connectivity index (χ2v) is 4.60. The Morgan fingerprint density at radius 1 is 1.07 bits per heavy atom. The van der Waals surface area contributed by atoms with Gasteiger partial charge in [0.05, 0.1) is 0 Å². The molecule has 0 saturated heterocycles. The van der Waals surface area contributed by atoms with E-state index in [0.717, 1.165) is 6.29 Å². The smallest absolute Gasteiger partial charge is 0.124 e. The van der Waals surface area contributed by atoms with Crippen molar-refractivity contribution in [3.8, 4) is 0 Å². The van der Waals surface area contributed by atoms with Gasteiger partial charge in [-0.25, -0.2) is 0 Å². The van der Waals surface area contributed by atoms with E-state index in [4.69, 9.17) is 0 Å². The van der Waals surface area contributed by atoms with Gasteiger partial charge >= 0.3 is 0 Å². The lowest BCUT2D eigenvalue weighted by atomic mass is 9.79. The highest BCUT2D eigenvalue weighted by Crippen LogP contribution is 2.51. The molecule has 0 amide bonds. The van der Waals surface area contributed by atoms with E-state index < -0.39 is 0 Å². The summed E-state index contributed by atoms with van der Waals surface area (Å²) in [4.78, 5) is 11.1. The summed E-state index contributed by atoms with van der Waals surface area (Å²) in [6.07, 6.45) is 6.85. The minimum atomic E-state index is 0.211. The molecule has 2 aliphatic carbocycles. The van der Waals surface area contributed by atoms with Gasteiger partial charge in [-0.2, -0.15) is 0 Å². The van der Waals surface area contributed by atoms with Gasteiger partial charge in [0.15, 0.2) is 0 Å². The van der Waals surface area contributed by atoms with Gasteiger partial charge < -0.3 is 4.79 Å². The summed E-state index contributed by atoms with van der Waals surface area (Å²) in [6, 6.07) is 10.5. The Hall–Kier alpha value is -1.37. The van der Waals surface area contributed by atoms with E-state index in [-0.39, 0.29) is 5.92 Å². The topological polar surface area (TPSA) is 17.1 Å². The molecule has 2 bridgehead atoms. The van der Waals surface area contributed by atoms with Crippen LogP contribution < -0.4 is 0 Å². The second-order valence-electron chi connectivity index (χ2n) is 4.60. The normalized spacial score (nSPS) is 37.1. The molecule has 3 rings (SSSR count). The highest BCUT2D eigenvalue weighted by atomic mass is 16.1. The Balaban J connectivity index is 1.99. The number of hydrogen-bond donors (Lipinski definition) is 0. The summed E-state index contributed by atoms with van der Waals surface area (Å²) in [5, 5.41) is 0. The molecular weight excluding hydrogens is 184 g/mol. The molecule has 0 N–H and O–H groups in total. The first-order valence-electron chi connectivity index (χ1n) is 5.58. The Kier molecular flexibility index (Phi) is 1.98. The van der Waals surface area contributed by atoms with E-state index in [9.17, 15) is 4.79 Å².